The van der Waals surface area contributed by atoms with Crippen molar-refractivity contribution in [2.75, 3.05) is 22.4 Å². The van der Waals surface area contributed by atoms with E-state index in [0.717, 1.165) is 34.8 Å². The van der Waals surface area contributed by atoms with Gasteiger partial charge in [0.1, 0.15) is 0 Å². The van der Waals surface area contributed by atoms with Gasteiger partial charge in [-0.2, -0.15) is 13.2 Å². The molecule has 0 saturated heterocycles. The molecule has 140 valence electrons. The molecule has 9 heteroatoms. The maximum Gasteiger partial charge on any atom is 0.416 e. The summed E-state index contributed by atoms with van der Waals surface area (Å²) in [6, 6.07) is 12.4. The summed E-state index contributed by atoms with van der Waals surface area (Å²) in [6.07, 6.45) is -3.73. The minimum atomic E-state index is -4.51. The standard InChI is InChI=1S/C17H17F3N2O3S/c1-26(24,25)22(15-9-7-13(8-10-15)17(18,19)20)12-11-16(23)21-14-5-3-2-4-6-14/h2-10H,11-12H2,1H3,(H,21,23). The molecule has 0 aliphatic carbocycles. The lowest BCUT2D eigenvalue weighted by Crippen LogP contribution is -2.33. The van der Waals surface area contributed by atoms with E-state index in [4.69, 9.17) is 0 Å². The average Bonchev–Trinajstić information content (AvgIpc) is 2.54. The van der Waals surface area contributed by atoms with Crippen LogP contribution < -0.4 is 9.62 Å². The van der Waals surface area contributed by atoms with Crippen molar-refractivity contribution in [2.45, 2.75) is 12.6 Å². The summed E-state index contributed by atoms with van der Waals surface area (Å²) in [6.45, 7) is -0.192. The Morgan fingerprint density at radius 3 is 2.12 bits per heavy atom. The zero-order valence-corrected chi connectivity index (χ0v) is 14.6. The molecule has 0 aliphatic heterocycles. The van der Waals surface area contributed by atoms with Crippen molar-refractivity contribution in [3.63, 3.8) is 0 Å². The number of hydrogen-bond donors (Lipinski definition) is 1. The van der Waals surface area contributed by atoms with Gasteiger partial charge in [0, 0.05) is 18.7 Å². The fraction of sp³-hybridized carbons (Fsp3) is 0.235. The molecule has 0 atom stereocenters. The van der Waals surface area contributed by atoms with Crippen LogP contribution in [0.3, 0.4) is 0 Å². The molecule has 0 fully saturated rings. The van der Waals surface area contributed by atoms with Crippen LogP contribution in [0.5, 0.6) is 0 Å². The number of anilines is 2. The van der Waals surface area contributed by atoms with Crippen molar-refractivity contribution in [3.05, 3.63) is 60.2 Å². The minimum absolute atomic E-state index is 0.0630. The summed E-state index contributed by atoms with van der Waals surface area (Å²) >= 11 is 0. The van der Waals surface area contributed by atoms with E-state index < -0.39 is 27.7 Å². The summed E-state index contributed by atoms with van der Waals surface area (Å²) in [5.41, 5.74) is -0.248. The lowest BCUT2D eigenvalue weighted by molar-refractivity contribution is -0.137. The summed E-state index contributed by atoms with van der Waals surface area (Å²) in [5.74, 6) is -0.406. The Morgan fingerprint density at radius 2 is 1.62 bits per heavy atom. The quantitative estimate of drug-likeness (QED) is 0.826. The summed E-state index contributed by atoms with van der Waals surface area (Å²) < 4.78 is 62.7. The molecule has 1 amide bonds. The van der Waals surface area contributed by atoms with Gasteiger partial charge in [0.25, 0.3) is 0 Å². The van der Waals surface area contributed by atoms with Crippen LogP contribution in [0.2, 0.25) is 0 Å². The van der Waals surface area contributed by atoms with Gasteiger partial charge in [0.15, 0.2) is 0 Å². The molecule has 0 radical (unpaired) electrons. The SMILES string of the molecule is CS(=O)(=O)N(CCC(=O)Nc1ccccc1)c1ccc(C(F)(F)F)cc1. The first-order valence-corrected chi connectivity index (χ1v) is 9.42. The summed E-state index contributed by atoms with van der Waals surface area (Å²) in [7, 11) is -3.76. The number of nitrogens with zero attached hydrogens (tertiary/aromatic N) is 1. The number of carbonyl (C=O) groups excluding carboxylic acids is 1. The second-order valence-electron chi connectivity index (χ2n) is 5.54. The van der Waals surface area contributed by atoms with Crippen LogP contribution in [-0.2, 0) is 21.0 Å². The number of halogens is 3. The van der Waals surface area contributed by atoms with E-state index >= 15 is 0 Å². The summed E-state index contributed by atoms with van der Waals surface area (Å²) in [4.78, 5) is 12.0. The fourth-order valence-electron chi connectivity index (χ4n) is 2.25. The van der Waals surface area contributed by atoms with Crippen LogP contribution in [0.25, 0.3) is 0 Å². The molecular formula is C17H17F3N2O3S. The predicted octanol–water partition coefficient (Wildman–Crippen LogP) is 3.50. The number of nitrogens with one attached hydrogen (secondary N) is 1. The lowest BCUT2D eigenvalue weighted by Gasteiger charge is -2.22. The maximum absolute atomic E-state index is 12.6. The van der Waals surface area contributed by atoms with Crippen molar-refractivity contribution in [3.8, 4) is 0 Å². The Balaban J connectivity index is 2.10. The molecule has 1 N–H and O–H groups in total. The van der Waals surface area contributed by atoms with Gasteiger partial charge in [0.2, 0.25) is 15.9 Å². The molecule has 2 aromatic rings. The van der Waals surface area contributed by atoms with E-state index in [1.807, 2.05) is 0 Å². The van der Waals surface area contributed by atoms with Crippen LogP contribution in [0.15, 0.2) is 54.6 Å². The Kier molecular flexibility index (Phi) is 5.91. The molecule has 26 heavy (non-hydrogen) atoms. The number of para-hydroxylation sites is 1. The lowest BCUT2D eigenvalue weighted by atomic mass is 10.2. The number of rotatable bonds is 6. The van der Waals surface area contributed by atoms with Crippen molar-refractivity contribution in [2.24, 2.45) is 0 Å². The molecule has 2 rings (SSSR count). The highest BCUT2D eigenvalue weighted by atomic mass is 32.2. The van der Waals surface area contributed by atoms with Gasteiger partial charge in [-0.15, -0.1) is 0 Å². The van der Waals surface area contributed by atoms with E-state index in [-0.39, 0.29) is 18.7 Å². The normalized spacial score (nSPS) is 11.8. The molecule has 0 spiro atoms. The van der Waals surface area contributed by atoms with Gasteiger partial charge in [-0.25, -0.2) is 8.42 Å². The van der Waals surface area contributed by atoms with E-state index in [0.29, 0.717) is 5.69 Å². The number of sulfonamides is 1. The average molecular weight is 386 g/mol. The molecule has 0 unspecified atom stereocenters. The number of hydrogen-bond acceptors (Lipinski definition) is 3. The molecule has 0 saturated carbocycles. The molecule has 0 aliphatic rings. The van der Waals surface area contributed by atoms with Gasteiger partial charge >= 0.3 is 6.18 Å². The van der Waals surface area contributed by atoms with Crippen LogP contribution in [0, 0.1) is 0 Å². The monoisotopic (exact) mass is 386 g/mol. The van der Waals surface area contributed by atoms with Gasteiger partial charge < -0.3 is 5.32 Å². The third-order valence-electron chi connectivity index (χ3n) is 3.48. The van der Waals surface area contributed by atoms with Crippen LogP contribution in [0.1, 0.15) is 12.0 Å². The number of alkyl halides is 3. The minimum Gasteiger partial charge on any atom is -0.326 e. The van der Waals surface area contributed by atoms with E-state index in [9.17, 15) is 26.4 Å². The highest BCUT2D eigenvalue weighted by molar-refractivity contribution is 7.92. The fourth-order valence-corrected chi connectivity index (χ4v) is 3.18. The first-order chi connectivity index (χ1) is 12.1. The van der Waals surface area contributed by atoms with Gasteiger partial charge in [0.05, 0.1) is 17.5 Å². The third-order valence-corrected chi connectivity index (χ3v) is 4.68. The van der Waals surface area contributed by atoms with E-state index in [2.05, 4.69) is 5.32 Å². The number of amides is 1. The third kappa shape index (κ3) is 5.48. The largest absolute Gasteiger partial charge is 0.416 e. The highest BCUT2D eigenvalue weighted by Gasteiger charge is 2.30. The summed E-state index contributed by atoms with van der Waals surface area (Å²) in [5, 5.41) is 2.62. The van der Waals surface area contributed by atoms with E-state index in [1.165, 1.54) is 0 Å². The van der Waals surface area contributed by atoms with Crippen LogP contribution >= 0.6 is 0 Å². The molecule has 5 nitrogen and oxygen atoms in total. The maximum atomic E-state index is 12.6. The smallest absolute Gasteiger partial charge is 0.326 e. The van der Waals surface area contributed by atoms with Gasteiger partial charge in [-0.3, -0.25) is 9.10 Å². The second-order valence-corrected chi connectivity index (χ2v) is 7.45. The van der Waals surface area contributed by atoms with Gasteiger partial charge in [-0.05, 0) is 36.4 Å². The molecule has 0 aromatic heterocycles. The van der Waals surface area contributed by atoms with Crippen molar-refractivity contribution >= 4 is 27.3 Å². The molecular weight excluding hydrogens is 369 g/mol. The Bertz CT molecular complexity index is 851. The van der Waals surface area contributed by atoms with E-state index in [1.54, 1.807) is 30.3 Å². The zero-order valence-electron chi connectivity index (χ0n) is 13.8. The van der Waals surface area contributed by atoms with Crippen LogP contribution in [-0.4, -0.2) is 27.1 Å². The number of benzene rings is 2. The van der Waals surface area contributed by atoms with Crippen molar-refractivity contribution in [1.82, 2.24) is 0 Å². The van der Waals surface area contributed by atoms with Gasteiger partial charge in [-0.1, -0.05) is 18.2 Å². The van der Waals surface area contributed by atoms with Crippen molar-refractivity contribution < 1.29 is 26.4 Å². The van der Waals surface area contributed by atoms with Crippen LogP contribution in [0.4, 0.5) is 24.5 Å². The first-order valence-electron chi connectivity index (χ1n) is 7.57. The molecule has 0 heterocycles. The second kappa shape index (κ2) is 7.77. The predicted molar refractivity (Wildman–Crippen MR) is 93.3 cm³/mol. The Morgan fingerprint density at radius 1 is 1.04 bits per heavy atom. The number of carbonyl (C=O) groups is 1. The first kappa shape index (κ1) is 19.8. The zero-order chi connectivity index (χ0) is 19.4. The highest BCUT2D eigenvalue weighted by Crippen LogP contribution is 2.31. The molecule has 0 bridgehead atoms. The van der Waals surface area contributed by atoms with Crippen molar-refractivity contribution in [1.29, 1.82) is 0 Å². The Labute approximate surface area is 149 Å². The Hall–Kier alpha value is -2.55. The topological polar surface area (TPSA) is 66.5 Å². The molecule has 2 aromatic carbocycles.